The third kappa shape index (κ3) is 3.89. The van der Waals surface area contributed by atoms with Crippen molar-refractivity contribution in [2.24, 2.45) is 0 Å². The lowest BCUT2D eigenvalue weighted by Gasteiger charge is -2.30. The maximum absolute atomic E-state index is 12.9. The second kappa shape index (κ2) is 8.20. The van der Waals surface area contributed by atoms with Crippen LogP contribution >= 0.6 is 0 Å². The third-order valence-corrected chi connectivity index (χ3v) is 6.50. The van der Waals surface area contributed by atoms with E-state index < -0.39 is 10.0 Å². The Morgan fingerprint density at radius 3 is 2.50 bits per heavy atom. The van der Waals surface area contributed by atoms with Crippen LogP contribution in [0.5, 0.6) is 5.75 Å². The Bertz CT molecular complexity index is 1180. The maximum Gasteiger partial charge on any atom is 0.265 e. The molecule has 1 aliphatic rings. The molecule has 0 aromatic heterocycles. The quantitative estimate of drug-likeness (QED) is 0.672. The summed E-state index contributed by atoms with van der Waals surface area (Å²) in [5, 5.41) is 0. The Morgan fingerprint density at radius 1 is 1.00 bits per heavy atom. The van der Waals surface area contributed by atoms with Gasteiger partial charge in [-0.15, -0.1) is 0 Å². The summed E-state index contributed by atoms with van der Waals surface area (Å²) in [4.78, 5) is 14.8. The molecule has 6 nitrogen and oxygen atoms in total. The summed E-state index contributed by atoms with van der Waals surface area (Å²) in [5.74, 6) is 0.224. The van der Waals surface area contributed by atoms with Crippen LogP contribution in [0.4, 0.5) is 11.4 Å². The Labute approximate surface area is 176 Å². The predicted octanol–water partition coefficient (Wildman–Crippen LogP) is 4.09. The fourth-order valence-electron chi connectivity index (χ4n) is 3.66. The van der Waals surface area contributed by atoms with Crippen molar-refractivity contribution in [1.29, 1.82) is 0 Å². The normalized spacial score (nSPS) is 13.4. The number of aryl methyl sites for hydroxylation is 1. The Kier molecular flexibility index (Phi) is 5.46. The van der Waals surface area contributed by atoms with E-state index in [-0.39, 0.29) is 16.6 Å². The number of hydrogen-bond acceptors (Lipinski definition) is 4. The molecule has 1 heterocycles. The second-order valence-corrected chi connectivity index (χ2v) is 8.68. The van der Waals surface area contributed by atoms with Gasteiger partial charge in [0.15, 0.2) is 0 Å². The highest BCUT2D eigenvalue weighted by atomic mass is 32.2. The Morgan fingerprint density at radius 2 is 1.73 bits per heavy atom. The van der Waals surface area contributed by atoms with Gasteiger partial charge in [0.05, 0.1) is 7.11 Å². The van der Waals surface area contributed by atoms with Crippen molar-refractivity contribution in [2.45, 2.75) is 17.7 Å². The van der Waals surface area contributed by atoms with E-state index in [1.165, 1.54) is 13.2 Å². The molecule has 0 saturated carbocycles. The van der Waals surface area contributed by atoms with Gasteiger partial charge in [-0.05, 0) is 60.9 Å². The predicted molar refractivity (Wildman–Crippen MR) is 117 cm³/mol. The molecule has 0 radical (unpaired) electrons. The number of ether oxygens (including phenoxy) is 1. The maximum atomic E-state index is 12.9. The van der Waals surface area contributed by atoms with E-state index in [9.17, 15) is 13.2 Å². The minimum atomic E-state index is -3.81. The Balaban J connectivity index is 1.62. The van der Waals surface area contributed by atoms with Crippen molar-refractivity contribution in [2.75, 3.05) is 23.3 Å². The zero-order valence-electron chi connectivity index (χ0n) is 16.5. The second-order valence-electron chi connectivity index (χ2n) is 7.03. The number of rotatable bonds is 5. The summed E-state index contributed by atoms with van der Waals surface area (Å²) in [6, 6.07) is 20.9. The molecular formula is C23H22N2O4S. The van der Waals surface area contributed by atoms with Crippen LogP contribution in [0.2, 0.25) is 0 Å². The van der Waals surface area contributed by atoms with E-state index in [4.69, 9.17) is 4.74 Å². The highest BCUT2D eigenvalue weighted by Crippen LogP contribution is 2.32. The highest BCUT2D eigenvalue weighted by molar-refractivity contribution is 7.92. The van der Waals surface area contributed by atoms with Gasteiger partial charge in [-0.2, -0.15) is 0 Å². The summed E-state index contributed by atoms with van der Waals surface area (Å²) in [6.07, 6.45) is 1.59. The van der Waals surface area contributed by atoms with Crippen molar-refractivity contribution < 1.29 is 17.9 Å². The van der Waals surface area contributed by atoms with Gasteiger partial charge >= 0.3 is 0 Å². The fourth-order valence-corrected chi connectivity index (χ4v) is 4.88. The van der Waals surface area contributed by atoms with Crippen LogP contribution in [0.15, 0.2) is 77.7 Å². The van der Waals surface area contributed by atoms with Gasteiger partial charge in [0.2, 0.25) is 0 Å². The zero-order valence-corrected chi connectivity index (χ0v) is 17.4. The molecule has 0 aliphatic carbocycles. The number of hydrogen-bond donors (Lipinski definition) is 1. The average Bonchev–Trinajstić information content (AvgIpc) is 2.78. The van der Waals surface area contributed by atoms with Crippen LogP contribution in [-0.4, -0.2) is 28.0 Å². The molecule has 1 N–H and O–H groups in total. The molecule has 0 atom stereocenters. The standard InChI is InChI=1S/C23H22N2O4S/c1-29-21-11-5-6-12-22(21)30(27,28)24-19-13-14-20-18(16-19)10-7-15-25(20)23(26)17-8-3-2-4-9-17/h2-6,8-9,11-14,16,24H,7,10,15H2,1H3. The molecule has 1 aliphatic heterocycles. The minimum absolute atomic E-state index is 0.0566. The number of amides is 1. The number of fused-ring (bicyclic) bond motifs is 1. The van der Waals surface area contributed by atoms with Gasteiger partial charge in [0.1, 0.15) is 10.6 Å². The molecule has 0 fully saturated rings. The number of carbonyl (C=O) groups excluding carboxylic acids is 1. The molecule has 0 bridgehead atoms. The number of benzene rings is 3. The first-order valence-corrected chi connectivity index (χ1v) is 11.1. The van der Waals surface area contributed by atoms with Crippen LogP contribution in [0.1, 0.15) is 22.3 Å². The molecule has 4 rings (SSSR count). The van der Waals surface area contributed by atoms with E-state index in [0.717, 1.165) is 24.1 Å². The van der Waals surface area contributed by atoms with Crippen LogP contribution in [0.3, 0.4) is 0 Å². The van der Waals surface area contributed by atoms with Crippen molar-refractivity contribution >= 4 is 27.3 Å². The number of nitrogens with zero attached hydrogens (tertiary/aromatic N) is 1. The molecule has 30 heavy (non-hydrogen) atoms. The number of anilines is 2. The van der Waals surface area contributed by atoms with Gasteiger partial charge in [-0.1, -0.05) is 30.3 Å². The number of methoxy groups -OCH3 is 1. The number of carbonyl (C=O) groups is 1. The monoisotopic (exact) mass is 422 g/mol. The summed E-state index contributed by atoms with van der Waals surface area (Å²) >= 11 is 0. The lowest BCUT2D eigenvalue weighted by molar-refractivity contribution is 0.0985. The van der Waals surface area contributed by atoms with Crippen molar-refractivity contribution in [1.82, 2.24) is 0 Å². The van der Waals surface area contributed by atoms with E-state index in [1.807, 2.05) is 18.2 Å². The van der Waals surface area contributed by atoms with Gasteiger partial charge in [0.25, 0.3) is 15.9 Å². The molecule has 7 heteroatoms. The van der Waals surface area contributed by atoms with E-state index in [2.05, 4.69) is 4.72 Å². The topological polar surface area (TPSA) is 75.7 Å². The van der Waals surface area contributed by atoms with Crippen molar-refractivity contribution in [3.63, 3.8) is 0 Å². The van der Waals surface area contributed by atoms with E-state index in [1.54, 1.807) is 53.4 Å². The molecule has 3 aromatic rings. The van der Waals surface area contributed by atoms with Crippen LogP contribution in [0, 0.1) is 0 Å². The first-order valence-electron chi connectivity index (χ1n) is 9.65. The third-order valence-electron chi connectivity index (χ3n) is 5.07. The smallest absolute Gasteiger partial charge is 0.265 e. The molecule has 1 amide bonds. The number of sulfonamides is 1. The lowest BCUT2D eigenvalue weighted by Crippen LogP contribution is -2.35. The Hall–Kier alpha value is -3.32. The first-order chi connectivity index (χ1) is 14.5. The summed E-state index contributed by atoms with van der Waals surface area (Å²) in [6.45, 7) is 0.632. The molecule has 0 saturated heterocycles. The number of para-hydroxylation sites is 1. The number of nitrogens with one attached hydrogen (secondary N) is 1. The van der Waals surface area contributed by atoms with E-state index >= 15 is 0 Å². The van der Waals surface area contributed by atoms with Crippen LogP contribution in [0.25, 0.3) is 0 Å². The molecular weight excluding hydrogens is 400 g/mol. The molecule has 3 aromatic carbocycles. The van der Waals surface area contributed by atoms with E-state index in [0.29, 0.717) is 17.8 Å². The summed E-state index contributed by atoms with van der Waals surface area (Å²) in [5.41, 5.74) is 2.83. The van der Waals surface area contributed by atoms with Gasteiger partial charge in [-0.3, -0.25) is 9.52 Å². The van der Waals surface area contributed by atoms with Crippen LogP contribution in [-0.2, 0) is 16.4 Å². The van der Waals surface area contributed by atoms with Crippen molar-refractivity contribution in [3.8, 4) is 5.75 Å². The fraction of sp³-hybridized carbons (Fsp3) is 0.174. The zero-order chi connectivity index (χ0) is 21.1. The largest absolute Gasteiger partial charge is 0.495 e. The lowest BCUT2D eigenvalue weighted by atomic mass is 10.00. The van der Waals surface area contributed by atoms with Gasteiger partial charge < -0.3 is 9.64 Å². The average molecular weight is 423 g/mol. The molecule has 0 spiro atoms. The molecule has 154 valence electrons. The summed E-state index contributed by atoms with van der Waals surface area (Å²) in [7, 11) is -2.37. The SMILES string of the molecule is COc1ccccc1S(=O)(=O)Nc1ccc2c(c1)CCCN2C(=O)c1ccccc1. The summed E-state index contributed by atoms with van der Waals surface area (Å²) < 4.78 is 33.5. The minimum Gasteiger partial charge on any atom is -0.495 e. The van der Waals surface area contributed by atoms with Gasteiger partial charge in [-0.25, -0.2) is 8.42 Å². The molecule has 0 unspecified atom stereocenters. The first kappa shape index (κ1) is 20.0. The van der Waals surface area contributed by atoms with Crippen LogP contribution < -0.4 is 14.4 Å². The highest BCUT2D eigenvalue weighted by Gasteiger charge is 2.25. The van der Waals surface area contributed by atoms with Crippen molar-refractivity contribution in [3.05, 3.63) is 83.9 Å². The van der Waals surface area contributed by atoms with Gasteiger partial charge in [0, 0.05) is 23.5 Å².